The predicted molar refractivity (Wildman–Crippen MR) is 104 cm³/mol. The molecule has 1 saturated carbocycles. The van der Waals surface area contributed by atoms with Crippen LogP contribution in [0.15, 0.2) is 35.1 Å². The number of hydrogen-bond acceptors (Lipinski definition) is 2. The van der Waals surface area contributed by atoms with Crippen molar-refractivity contribution in [2.45, 2.75) is 57.9 Å². The highest BCUT2D eigenvalue weighted by atomic mass is 16.2. The fraction of sp³-hybridized carbons (Fsp3) is 0.545. The molecule has 26 heavy (non-hydrogen) atoms. The number of aromatic amines is 1. The number of amides is 1. The monoisotopic (exact) mass is 352 g/mol. The summed E-state index contributed by atoms with van der Waals surface area (Å²) >= 11 is 0. The van der Waals surface area contributed by atoms with Crippen molar-refractivity contribution >= 4 is 16.8 Å². The maximum absolute atomic E-state index is 13.4. The van der Waals surface area contributed by atoms with Crippen LogP contribution in [-0.2, 0) is 0 Å². The molecule has 2 heterocycles. The van der Waals surface area contributed by atoms with Crippen molar-refractivity contribution in [1.29, 1.82) is 0 Å². The molecule has 1 aliphatic carbocycles. The van der Waals surface area contributed by atoms with E-state index in [4.69, 9.17) is 0 Å². The molecule has 2 unspecified atom stereocenters. The minimum Gasteiger partial charge on any atom is -0.336 e. The van der Waals surface area contributed by atoms with Crippen molar-refractivity contribution in [3.63, 3.8) is 0 Å². The molecule has 2 aromatic rings. The Balaban J connectivity index is 1.62. The van der Waals surface area contributed by atoms with Gasteiger partial charge in [-0.2, -0.15) is 0 Å². The summed E-state index contributed by atoms with van der Waals surface area (Å²) in [6, 6.07) is 9.24. The van der Waals surface area contributed by atoms with E-state index in [0.29, 0.717) is 17.0 Å². The molecule has 1 aromatic heterocycles. The van der Waals surface area contributed by atoms with Gasteiger partial charge in [-0.1, -0.05) is 44.2 Å². The molecule has 0 radical (unpaired) electrons. The molecule has 138 valence electrons. The number of benzene rings is 1. The lowest BCUT2D eigenvalue weighted by Crippen LogP contribution is -2.47. The fourth-order valence-corrected chi connectivity index (χ4v) is 4.92. The fourth-order valence-electron chi connectivity index (χ4n) is 4.92. The highest BCUT2D eigenvalue weighted by molar-refractivity contribution is 6.05. The second-order valence-electron chi connectivity index (χ2n) is 8.13. The van der Waals surface area contributed by atoms with E-state index in [0.717, 1.165) is 24.3 Å². The van der Waals surface area contributed by atoms with Gasteiger partial charge in [-0.15, -0.1) is 0 Å². The molecule has 1 N–H and O–H groups in total. The van der Waals surface area contributed by atoms with Crippen LogP contribution in [-0.4, -0.2) is 28.4 Å². The van der Waals surface area contributed by atoms with Crippen LogP contribution < -0.4 is 5.56 Å². The smallest absolute Gasteiger partial charge is 0.256 e. The average molecular weight is 352 g/mol. The van der Waals surface area contributed by atoms with E-state index in [1.165, 1.54) is 44.6 Å². The summed E-state index contributed by atoms with van der Waals surface area (Å²) in [6.45, 7) is 3.01. The van der Waals surface area contributed by atoms with Gasteiger partial charge in [0.25, 0.3) is 5.91 Å². The number of rotatable bonds is 2. The number of nitrogens with one attached hydrogen (secondary N) is 1. The predicted octanol–water partition coefficient (Wildman–Crippen LogP) is 4.35. The first-order valence-corrected chi connectivity index (χ1v) is 10.1. The van der Waals surface area contributed by atoms with Gasteiger partial charge >= 0.3 is 0 Å². The number of para-hydroxylation sites is 1. The summed E-state index contributed by atoms with van der Waals surface area (Å²) < 4.78 is 0. The van der Waals surface area contributed by atoms with Crippen LogP contribution >= 0.6 is 0 Å². The highest BCUT2D eigenvalue weighted by Gasteiger charge is 2.34. The number of piperidine rings is 1. The van der Waals surface area contributed by atoms with Gasteiger partial charge in [0.2, 0.25) is 5.56 Å². The Labute approximate surface area is 154 Å². The summed E-state index contributed by atoms with van der Waals surface area (Å²) in [7, 11) is 0. The number of pyridine rings is 1. The molecule has 4 rings (SSSR count). The zero-order valence-corrected chi connectivity index (χ0v) is 15.5. The van der Waals surface area contributed by atoms with E-state index in [-0.39, 0.29) is 17.5 Å². The Morgan fingerprint density at radius 1 is 1.00 bits per heavy atom. The summed E-state index contributed by atoms with van der Waals surface area (Å²) in [5.41, 5.74) is 1.12. The maximum Gasteiger partial charge on any atom is 0.256 e. The van der Waals surface area contributed by atoms with Crippen LogP contribution in [0, 0.1) is 11.8 Å². The van der Waals surface area contributed by atoms with Crippen LogP contribution in [0.2, 0.25) is 0 Å². The third-order valence-corrected chi connectivity index (χ3v) is 6.49. The van der Waals surface area contributed by atoms with Crippen molar-refractivity contribution in [2.75, 3.05) is 6.54 Å². The second kappa shape index (κ2) is 7.26. The minimum absolute atomic E-state index is 0.0606. The minimum atomic E-state index is -0.162. The number of carbonyl (C=O) groups excluding carboxylic acids is 1. The van der Waals surface area contributed by atoms with Crippen LogP contribution in [0.25, 0.3) is 10.9 Å². The molecule has 2 aliphatic rings. The number of H-pyrrole nitrogens is 1. The van der Waals surface area contributed by atoms with Crippen molar-refractivity contribution in [1.82, 2.24) is 9.88 Å². The normalized spacial score (nSPS) is 24.7. The van der Waals surface area contributed by atoms with E-state index < -0.39 is 0 Å². The van der Waals surface area contributed by atoms with Crippen LogP contribution in [0.3, 0.4) is 0 Å². The first-order chi connectivity index (χ1) is 12.6. The average Bonchev–Trinajstić information content (AvgIpc) is 2.68. The van der Waals surface area contributed by atoms with Gasteiger partial charge in [0.05, 0.1) is 11.1 Å². The first kappa shape index (κ1) is 17.3. The molecule has 4 heteroatoms. The van der Waals surface area contributed by atoms with E-state index >= 15 is 0 Å². The Bertz CT molecular complexity index is 851. The topological polar surface area (TPSA) is 53.2 Å². The third-order valence-electron chi connectivity index (χ3n) is 6.49. The summed E-state index contributed by atoms with van der Waals surface area (Å²) in [5, 5.41) is 0.906. The number of hydrogen-bond donors (Lipinski definition) is 1. The Morgan fingerprint density at radius 2 is 1.81 bits per heavy atom. The second-order valence-corrected chi connectivity index (χ2v) is 8.13. The molecule has 2 atom stereocenters. The molecule has 0 spiro atoms. The van der Waals surface area contributed by atoms with E-state index in [9.17, 15) is 9.59 Å². The Kier molecular flexibility index (Phi) is 4.84. The van der Waals surface area contributed by atoms with Gasteiger partial charge in [-0.05, 0) is 49.1 Å². The summed E-state index contributed by atoms with van der Waals surface area (Å²) in [4.78, 5) is 30.1. The summed E-state index contributed by atoms with van der Waals surface area (Å²) in [6.07, 6.45) is 9.01. The highest BCUT2D eigenvalue weighted by Crippen LogP contribution is 2.36. The van der Waals surface area contributed by atoms with Gasteiger partial charge in [-0.3, -0.25) is 9.59 Å². The number of carbonyl (C=O) groups is 1. The number of aromatic nitrogens is 1. The molecule has 4 nitrogen and oxygen atoms in total. The van der Waals surface area contributed by atoms with Crippen LogP contribution in [0.5, 0.6) is 0 Å². The number of fused-ring (bicyclic) bond motifs is 1. The van der Waals surface area contributed by atoms with Crippen molar-refractivity contribution in [3.8, 4) is 0 Å². The van der Waals surface area contributed by atoms with Crippen molar-refractivity contribution in [3.05, 3.63) is 46.2 Å². The maximum atomic E-state index is 13.4. The van der Waals surface area contributed by atoms with E-state index in [1.54, 1.807) is 6.07 Å². The summed E-state index contributed by atoms with van der Waals surface area (Å²) in [5.74, 6) is 1.47. The lowest BCUT2D eigenvalue weighted by molar-refractivity contribution is 0.0461. The zero-order chi connectivity index (χ0) is 18.1. The quantitative estimate of drug-likeness (QED) is 0.873. The molecule has 1 saturated heterocycles. The van der Waals surface area contributed by atoms with Crippen molar-refractivity contribution < 1.29 is 4.79 Å². The van der Waals surface area contributed by atoms with Gasteiger partial charge in [0.15, 0.2) is 0 Å². The third kappa shape index (κ3) is 3.29. The number of likely N-dealkylation sites (tertiary alicyclic amines) is 1. The molecule has 2 fully saturated rings. The first-order valence-electron chi connectivity index (χ1n) is 10.1. The van der Waals surface area contributed by atoms with Gasteiger partial charge in [0.1, 0.15) is 0 Å². The Hall–Kier alpha value is -2.10. The SMILES string of the molecule is CC1CCC(C2CCCCC2)CN1C(=O)c1cccc2ccc(=O)[nH]c12. The lowest BCUT2D eigenvalue weighted by atomic mass is 9.75. The van der Waals surface area contributed by atoms with Gasteiger partial charge < -0.3 is 9.88 Å². The molecule has 1 aliphatic heterocycles. The standard InChI is InChI=1S/C22H28N2O2/c1-15-10-11-18(16-6-3-2-4-7-16)14-24(15)22(26)19-9-5-8-17-12-13-20(25)23-21(17)19/h5,8-9,12-13,15-16,18H,2-4,6-7,10-11,14H2,1H3,(H,23,25). The van der Waals surface area contributed by atoms with E-state index in [1.807, 2.05) is 18.2 Å². The van der Waals surface area contributed by atoms with E-state index in [2.05, 4.69) is 16.8 Å². The van der Waals surface area contributed by atoms with Gasteiger partial charge in [0, 0.05) is 18.7 Å². The molecule has 1 aromatic carbocycles. The Morgan fingerprint density at radius 3 is 2.62 bits per heavy atom. The number of nitrogens with zero attached hydrogens (tertiary/aromatic N) is 1. The molecular weight excluding hydrogens is 324 g/mol. The van der Waals surface area contributed by atoms with Crippen molar-refractivity contribution in [2.24, 2.45) is 11.8 Å². The lowest BCUT2D eigenvalue weighted by Gasteiger charge is -2.42. The molecule has 1 amide bonds. The van der Waals surface area contributed by atoms with Crippen LogP contribution in [0.4, 0.5) is 0 Å². The van der Waals surface area contributed by atoms with Crippen LogP contribution in [0.1, 0.15) is 62.2 Å². The molecular formula is C22H28N2O2. The van der Waals surface area contributed by atoms with Gasteiger partial charge in [-0.25, -0.2) is 0 Å². The molecule has 0 bridgehead atoms. The largest absolute Gasteiger partial charge is 0.336 e. The zero-order valence-electron chi connectivity index (χ0n) is 15.5.